The molecule has 0 spiro atoms. The van der Waals surface area contributed by atoms with Crippen molar-refractivity contribution in [2.24, 2.45) is 17.3 Å². The van der Waals surface area contributed by atoms with Gasteiger partial charge in [-0.15, -0.1) is 0 Å². The molecule has 100 valence electrons. The van der Waals surface area contributed by atoms with Crippen LogP contribution in [0.2, 0.25) is 0 Å². The lowest BCUT2D eigenvalue weighted by Crippen LogP contribution is -2.38. The first kappa shape index (κ1) is 14.1. The molecule has 2 fully saturated rings. The highest BCUT2D eigenvalue weighted by molar-refractivity contribution is 14.1. The lowest BCUT2D eigenvalue weighted by atomic mass is 9.68. The lowest BCUT2D eigenvalue weighted by molar-refractivity contribution is -0.173. The standard InChI is InChI=1S/C14H25IO2/c1-10(12-6-9-16-13(15)17-12)11-4-7-14(2,3)8-5-11/h10-13H,4-9H2,1-3H3. The average Bonchev–Trinajstić information content (AvgIpc) is 2.28. The molecule has 0 amide bonds. The van der Waals surface area contributed by atoms with E-state index in [4.69, 9.17) is 9.47 Å². The number of ether oxygens (including phenoxy) is 2. The molecule has 1 saturated carbocycles. The molecule has 1 aliphatic carbocycles. The SMILES string of the molecule is CC(C1CCC(C)(C)CC1)C1CCOC(I)O1. The van der Waals surface area contributed by atoms with Crippen LogP contribution in [0.25, 0.3) is 0 Å². The quantitative estimate of drug-likeness (QED) is 0.543. The Hall–Kier alpha value is 0.650. The molecule has 1 saturated heterocycles. The lowest BCUT2D eigenvalue weighted by Gasteiger charge is -2.40. The summed E-state index contributed by atoms with van der Waals surface area (Å²) in [6.07, 6.45) is 6.98. The number of hydrogen-bond acceptors (Lipinski definition) is 2. The van der Waals surface area contributed by atoms with Crippen LogP contribution in [0.15, 0.2) is 0 Å². The zero-order valence-electron chi connectivity index (χ0n) is 11.2. The van der Waals surface area contributed by atoms with E-state index in [0.29, 0.717) is 17.4 Å². The third-order valence-corrected chi connectivity index (χ3v) is 5.30. The van der Waals surface area contributed by atoms with Gasteiger partial charge in [-0.25, -0.2) is 0 Å². The first-order valence-corrected chi connectivity index (χ1v) is 8.14. The molecule has 2 nitrogen and oxygen atoms in total. The Morgan fingerprint density at radius 2 is 1.82 bits per heavy atom. The minimum Gasteiger partial charge on any atom is -0.344 e. The van der Waals surface area contributed by atoms with Gasteiger partial charge < -0.3 is 9.47 Å². The second-order valence-electron chi connectivity index (χ2n) is 6.47. The molecule has 2 aliphatic rings. The van der Waals surface area contributed by atoms with Gasteiger partial charge in [-0.05, 0) is 71.9 Å². The van der Waals surface area contributed by atoms with Crippen LogP contribution < -0.4 is 0 Å². The van der Waals surface area contributed by atoms with Gasteiger partial charge in [-0.1, -0.05) is 20.8 Å². The van der Waals surface area contributed by atoms with Crippen LogP contribution in [-0.4, -0.2) is 17.0 Å². The van der Waals surface area contributed by atoms with Gasteiger partial charge in [-0.3, -0.25) is 0 Å². The van der Waals surface area contributed by atoms with Gasteiger partial charge in [0, 0.05) is 0 Å². The van der Waals surface area contributed by atoms with Crippen molar-refractivity contribution in [3.63, 3.8) is 0 Å². The third kappa shape index (κ3) is 3.80. The fraction of sp³-hybridized carbons (Fsp3) is 1.00. The van der Waals surface area contributed by atoms with Crippen molar-refractivity contribution < 1.29 is 9.47 Å². The van der Waals surface area contributed by atoms with Crippen LogP contribution in [0.1, 0.15) is 52.9 Å². The van der Waals surface area contributed by atoms with E-state index in [1.807, 2.05) is 0 Å². The Balaban J connectivity index is 1.85. The normalized spacial score (nSPS) is 36.7. The van der Waals surface area contributed by atoms with E-state index in [2.05, 4.69) is 43.4 Å². The van der Waals surface area contributed by atoms with Gasteiger partial charge in [0.25, 0.3) is 0 Å². The van der Waals surface area contributed by atoms with Crippen LogP contribution in [0.5, 0.6) is 0 Å². The van der Waals surface area contributed by atoms with Gasteiger partial charge in [0.1, 0.15) is 0 Å². The van der Waals surface area contributed by atoms with Crippen molar-refractivity contribution >= 4 is 22.6 Å². The van der Waals surface area contributed by atoms with Crippen molar-refractivity contribution in [2.45, 2.75) is 63.3 Å². The second kappa shape index (κ2) is 5.74. The summed E-state index contributed by atoms with van der Waals surface area (Å²) in [5.41, 5.74) is 0.568. The van der Waals surface area contributed by atoms with Gasteiger partial charge >= 0.3 is 0 Å². The van der Waals surface area contributed by atoms with Gasteiger partial charge in [0.05, 0.1) is 12.7 Å². The number of hydrogen-bond donors (Lipinski definition) is 0. The summed E-state index contributed by atoms with van der Waals surface area (Å²) in [5, 5.41) is 0. The van der Waals surface area contributed by atoms with Gasteiger partial charge in [0.2, 0.25) is 4.30 Å². The van der Waals surface area contributed by atoms with E-state index in [9.17, 15) is 0 Å². The number of rotatable bonds is 2. The molecule has 0 bridgehead atoms. The Kier molecular flexibility index (Phi) is 4.75. The molecule has 0 aromatic rings. The second-order valence-corrected chi connectivity index (χ2v) is 7.49. The highest BCUT2D eigenvalue weighted by Gasteiger charge is 2.35. The molecule has 3 heteroatoms. The van der Waals surface area contributed by atoms with Crippen LogP contribution in [0.3, 0.4) is 0 Å². The van der Waals surface area contributed by atoms with Crippen LogP contribution >= 0.6 is 22.6 Å². The molecule has 0 N–H and O–H groups in total. The Bertz CT molecular complexity index is 245. The van der Waals surface area contributed by atoms with E-state index in [1.165, 1.54) is 25.7 Å². The largest absolute Gasteiger partial charge is 0.344 e. The minimum atomic E-state index is -0.0335. The van der Waals surface area contributed by atoms with Crippen LogP contribution in [0.4, 0.5) is 0 Å². The molecular weight excluding hydrogens is 327 g/mol. The molecule has 0 aromatic carbocycles. The summed E-state index contributed by atoms with van der Waals surface area (Å²) >= 11 is 2.24. The van der Waals surface area contributed by atoms with Crippen molar-refractivity contribution in [1.29, 1.82) is 0 Å². The predicted molar refractivity (Wildman–Crippen MR) is 78.2 cm³/mol. The molecule has 1 aliphatic heterocycles. The molecule has 17 heavy (non-hydrogen) atoms. The predicted octanol–water partition coefficient (Wildman–Crippen LogP) is 4.36. The van der Waals surface area contributed by atoms with E-state index in [1.54, 1.807) is 0 Å². The molecule has 0 aromatic heterocycles. The summed E-state index contributed by atoms with van der Waals surface area (Å²) < 4.78 is 11.3. The molecular formula is C14H25IO2. The molecule has 3 unspecified atom stereocenters. The maximum atomic E-state index is 5.92. The number of alkyl halides is 1. The zero-order chi connectivity index (χ0) is 12.5. The number of halogens is 1. The van der Waals surface area contributed by atoms with Crippen molar-refractivity contribution in [3.05, 3.63) is 0 Å². The summed E-state index contributed by atoms with van der Waals surface area (Å²) in [6, 6.07) is 0. The minimum absolute atomic E-state index is 0.0335. The fourth-order valence-electron chi connectivity index (χ4n) is 3.16. The molecule has 2 rings (SSSR count). The van der Waals surface area contributed by atoms with Crippen LogP contribution in [0, 0.1) is 17.3 Å². The van der Waals surface area contributed by atoms with E-state index in [-0.39, 0.29) is 4.30 Å². The summed E-state index contributed by atoms with van der Waals surface area (Å²) in [4.78, 5) is 0. The van der Waals surface area contributed by atoms with Crippen LogP contribution in [-0.2, 0) is 9.47 Å². The molecule has 3 atom stereocenters. The Morgan fingerprint density at radius 3 is 2.41 bits per heavy atom. The van der Waals surface area contributed by atoms with Gasteiger partial charge in [-0.2, -0.15) is 0 Å². The first-order valence-electron chi connectivity index (χ1n) is 6.89. The van der Waals surface area contributed by atoms with E-state index >= 15 is 0 Å². The Morgan fingerprint density at radius 1 is 1.18 bits per heavy atom. The Labute approximate surface area is 119 Å². The zero-order valence-corrected chi connectivity index (χ0v) is 13.4. The van der Waals surface area contributed by atoms with Crippen molar-refractivity contribution in [1.82, 2.24) is 0 Å². The summed E-state index contributed by atoms with van der Waals surface area (Å²) in [7, 11) is 0. The summed E-state index contributed by atoms with van der Waals surface area (Å²) in [5.74, 6) is 1.54. The van der Waals surface area contributed by atoms with Crippen molar-refractivity contribution in [3.8, 4) is 0 Å². The highest BCUT2D eigenvalue weighted by Crippen LogP contribution is 2.42. The van der Waals surface area contributed by atoms with E-state index < -0.39 is 0 Å². The smallest absolute Gasteiger partial charge is 0.210 e. The van der Waals surface area contributed by atoms with E-state index in [0.717, 1.165) is 18.9 Å². The summed E-state index contributed by atoms with van der Waals surface area (Å²) in [6.45, 7) is 8.04. The average molecular weight is 352 g/mol. The first-order chi connectivity index (χ1) is 7.98. The molecule has 0 radical (unpaired) electrons. The third-order valence-electron chi connectivity index (χ3n) is 4.65. The monoisotopic (exact) mass is 352 g/mol. The molecule has 1 heterocycles. The van der Waals surface area contributed by atoms with Crippen molar-refractivity contribution in [2.75, 3.05) is 6.61 Å². The topological polar surface area (TPSA) is 18.5 Å². The fourth-order valence-corrected chi connectivity index (χ4v) is 3.79. The van der Waals surface area contributed by atoms with Gasteiger partial charge in [0.15, 0.2) is 0 Å². The highest BCUT2D eigenvalue weighted by atomic mass is 127. The maximum absolute atomic E-state index is 5.92. The maximum Gasteiger partial charge on any atom is 0.210 e.